The van der Waals surface area contributed by atoms with E-state index in [1.807, 2.05) is 0 Å². The van der Waals surface area contributed by atoms with Gasteiger partial charge in [-0.3, -0.25) is 4.79 Å². The molecule has 0 bridgehead atoms. The van der Waals surface area contributed by atoms with Gasteiger partial charge in [0.05, 0.1) is 0 Å². The molecule has 0 aromatic rings. The summed E-state index contributed by atoms with van der Waals surface area (Å²) in [5.74, 6) is -0.157. The van der Waals surface area contributed by atoms with E-state index >= 15 is 0 Å². The molecule has 0 aliphatic heterocycles. The van der Waals surface area contributed by atoms with Gasteiger partial charge in [0.15, 0.2) is 6.29 Å². The van der Waals surface area contributed by atoms with Crippen molar-refractivity contribution in [2.24, 2.45) is 0 Å². The first-order chi connectivity index (χ1) is 8.74. The molecule has 0 rings (SSSR count). The molecular weight excluding hydrogens is 230 g/mol. The molecule has 0 spiro atoms. The lowest BCUT2D eigenvalue weighted by molar-refractivity contribution is -0.146. The first kappa shape index (κ1) is 17.1. The second kappa shape index (κ2) is 12.6. The molecule has 0 saturated heterocycles. The molecule has 0 aromatic heterocycles. The summed E-state index contributed by atoms with van der Waals surface area (Å²) in [5, 5.41) is 2.73. The van der Waals surface area contributed by atoms with Crippen molar-refractivity contribution in [2.75, 3.05) is 19.8 Å². The van der Waals surface area contributed by atoms with E-state index in [4.69, 9.17) is 9.47 Å². The summed E-state index contributed by atoms with van der Waals surface area (Å²) in [5.41, 5.74) is 0. The number of rotatable bonds is 12. The van der Waals surface area contributed by atoms with Crippen LogP contribution >= 0.6 is 0 Å². The summed E-state index contributed by atoms with van der Waals surface area (Å²) in [7, 11) is 0. The first-order valence-electron chi connectivity index (χ1n) is 6.88. The number of hydrogen-bond donors (Lipinski definition) is 1. The molecule has 18 heavy (non-hydrogen) atoms. The number of carbonyl (C=O) groups excluding carboxylic acids is 1. The van der Waals surface area contributed by atoms with Gasteiger partial charge in [-0.15, -0.1) is 0 Å². The minimum Gasteiger partial charge on any atom is -0.353 e. The van der Waals surface area contributed by atoms with Gasteiger partial charge in [0.1, 0.15) is 0 Å². The zero-order chi connectivity index (χ0) is 13.6. The van der Waals surface area contributed by atoms with E-state index in [-0.39, 0.29) is 12.2 Å². The Morgan fingerprint density at radius 2 is 1.78 bits per heavy atom. The molecular formula is C14H27NO3. The van der Waals surface area contributed by atoms with E-state index in [1.54, 1.807) is 0 Å². The van der Waals surface area contributed by atoms with Crippen LogP contribution in [-0.4, -0.2) is 32.0 Å². The van der Waals surface area contributed by atoms with Gasteiger partial charge in [-0.2, -0.15) is 0 Å². The third-order valence-corrected chi connectivity index (χ3v) is 2.47. The maximum Gasteiger partial charge on any atom is 0.243 e. The average Bonchev–Trinajstić information content (AvgIpc) is 2.38. The fourth-order valence-corrected chi connectivity index (χ4v) is 1.32. The van der Waals surface area contributed by atoms with Crippen LogP contribution in [0, 0.1) is 0 Å². The van der Waals surface area contributed by atoms with Gasteiger partial charge in [-0.25, -0.2) is 0 Å². The Hall–Kier alpha value is -0.870. The molecule has 1 N–H and O–H groups in total. The number of nitrogens with one attached hydrogen (secondary N) is 1. The van der Waals surface area contributed by atoms with Crippen molar-refractivity contribution in [3.63, 3.8) is 0 Å². The molecule has 0 aliphatic rings. The normalized spacial score (nSPS) is 10.6. The maximum absolute atomic E-state index is 11.0. The number of ether oxygens (including phenoxy) is 2. The van der Waals surface area contributed by atoms with Crippen LogP contribution in [0.2, 0.25) is 0 Å². The van der Waals surface area contributed by atoms with E-state index in [0.717, 1.165) is 25.7 Å². The third-order valence-electron chi connectivity index (χ3n) is 2.47. The molecule has 106 valence electrons. The zero-order valence-electron chi connectivity index (χ0n) is 11.7. The number of hydrogen-bond acceptors (Lipinski definition) is 3. The summed E-state index contributed by atoms with van der Waals surface area (Å²) in [6.07, 6.45) is 6.01. The van der Waals surface area contributed by atoms with Crippen LogP contribution in [0.25, 0.3) is 0 Å². The molecule has 0 aromatic carbocycles. The fraction of sp³-hybridized carbons (Fsp3) is 0.786. The first-order valence-corrected chi connectivity index (χ1v) is 6.88. The van der Waals surface area contributed by atoms with Crippen LogP contribution in [-0.2, 0) is 14.3 Å². The van der Waals surface area contributed by atoms with Crippen LogP contribution in [0.15, 0.2) is 12.7 Å². The van der Waals surface area contributed by atoms with E-state index in [0.29, 0.717) is 26.2 Å². The predicted octanol–water partition coefficient (Wildman–Crippen LogP) is 2.64. The van der Waals surface area contributed by atoms with Crippen molar-refractivity contribution in [2.45, 2.75) is 52.2 Å². The highest BCUT2D eigenvalue weighted by Crippen LogP contribution is 2.04. The van der Waals surface area contributed by atoms with Gasteiger partial charge in [0.25, 0.3) is 0 Å². The van der Waals surface area contributed by atoms with Crippen LogP contribution in [0.3, 0.4) is 0 Å². The van der Waals surface area contributed by atoms with Gasteiger partial charge in [-0.05, 0) is 18.9 Å². The molecule has 4 heteroatoms. The highest BCUT2D eigenvalue weighted by atomic mass is 16.7. The molecule has 0 unspecified atom stereocenters. The second-order valence-corrected chi connectivity index (χ2v) is 4.16. The van der Waals surface area contributed by atoms with Crippen LogP contribution < -0.4 is 5.32 Å². The van der Waals surface area contributed by atoms with Gasteiger partial charge < -0.3 is 14.8 Å². The quantitative estimate of drug-likeness (QED) is 0.332. The van der Waals surface area contributed by atoms with Crippen molar-refractivity contribution in [1.82, 2.24) is 5.32 Å². The van der Waals surface area contributed by atoms with Crippen LogP contribution in [0.5, 0.6) is 0 Å². The molecule has 0 fully saturated rings. The standard InChI is InChI=1S/C14H27NO3/c1-4-7-11-17-14(18-12-8-5-2)9-10-15-13(16)6-3/h6,14H,3-5,7-12H2,1-2H3,(H,15,16). The number of unbranched alkanes of at least 4 members (excludes halogenated alkanes) is 2. The second-order valence-electron chi connectivity index (χ2n) is 4.16. The lowest BCUT2D eigenvalue weighted by atomic mass is 10.3. The Kier molecular flexibility index (Phi) is 12.0. The molecule has 0 heterocycles. The average molecular weight is 257 g/mol. The monoisotopic (exact) mass is 257 g/mol. The Morgan fingerprint density at radius 1 is 1.22 bits per heavy atom. The van der Waals surface area contributed by atoms with E-state index in [1.165, 1.54) is 6.08 Å². The van der Waals surface area contributed by atoms with Gasteiger partial charge >= 0.3 is 0 Å². The Balaban J connectivity index is 3.79. The summed E-state index contributed by atoms with van der Waals surface area (Å²) < 4.78 is 11.3. The maximum atomic E-state index is 11.0. The number of amides is 1. The Bertz CT molecular complexity index is 209. The Labute approximate surface area is 111 Å². The molecule has 1 amide bonds. The largest absolute Gasteiger partial charge is 0.353 e. The zero-order valence-corrected chi connectivity index (χ0v) is 11.7. The van der Waals surface area contributed by atoms with Crippen molar-refractivity contribution in [3.8, 4) is 0 Å². The minimum atomic E-state index is -0.215. The highest BCUT2D eigenvalue weighted by molar-refractivity contribution is 5.86. The van der Waals surface area contributed by atoms with Crippen molar-refractivity contribution in [3.05, 3.63) is 12.7 Å². The summed E-state index contributed by atoms with van der Waals surface area (Å²) in [6.45, 7) is 9.63. The van der Waals surface area contributed by atoms with Crippen LogP contribution in [0.1, 0.15) is 46.0 Å². The number of carbonyl (C=O) groups is 1. The Morgan fingerprint density at radius 3 is 2.22 bits per heavy atom. The molecule has 0 saturated carbocycles. The van der Waals surface area contributed by atoms with Crippen molar-refractivity contribution < 1.29 is 14.3 Å². The molecule has 0 aliphatic carbocycles. The molecule has 4 nitrogen and oxygen atoms in total. The van der Waals surface area contributed by atoms with E-state index < -0.39 is 0 Å². The van der Waals surface area contributed by atoms with Crippen LogP contribution in [0.4, 0.5) is 0 Å². The lowest BCUT2D eigenvalue weighted by Gasteiger charge is -2.18. The van der Waals surface area contributed by atoms with Gasteiger partial charge in [0, 0.05) is 26.2 Å². The molecule has 0 radical (unpaired) electrons. The highest BCUT2D eigenvalue weighted by Gasteiger charge is 2.09. The smallest absolute Gasteiger partial charge is 0.243 e. The summed E-state index contributed by atoms with van der Waals surface area (Å²) in [6, 6.07) is 0. The topological polar surface area (TPSA) is 47.6 Å². The van der Waals surface area contributed by atoms with Crippen molar-refractivity contribution in [1.29, 1.82) is 0 Å². The molecule has 0 atom stereocenters. The van der Waals surface area contributed by atoms with E-state index in [2.05, 4.69) is 25.7 Å². The minimum absolute atomic E-state index is 0.157. The third kappa shape index (κ3) is 10.3. The van der Waals surface area contributed by atoms with E-state index in [9.17, 15) is 4.79 Å². The lowest BCUT2D eigenvalue weighted by Crippen LogP contribution is -2.28. The summed E-state index contributed by atoms with van der Waals surface area (Å²) in [4.78, 5) is 11.0. The SMILES string of the molecule is C=CC(=O)NCCC(OCCCC)OCCCC. The fourth-order valence-electron chi connectivity index (χ4n) is 1.32. The van der Waals surface area contributed by atoms with Gasteiger partial charge in [-0.1, -0.05) is 33.3 Å². The van der Waals surface area contributed by atoms with Gasteiger partial charge in [0.2, 0.25) is 5.91 Å². The van der Waals surface area contributed by atoms with Crippen molar-refractivity contribution >= 4 is 5.91 Å². The predicted molar refractivity (Wildman–Crippen MR) is 73.3 cm³/mol. The summed E-state index contributed by atoms with van der Waals surface area (Å²) >= 11 is 0.